The van der Waals surface area contributed by atoms with Gasteiger partial charge in [-0.1, -0.05) is 17.3 Å². The molecule has 0 fully saturated rings. The van der Waals surface area contributed by atoms with Crippen molar-refractivity contribution in [1.29, 1.82) is 0 Å². The predicted octanol–water partition coefficient (Wildman–Crippen LogP) is 3.40. The third-order valence-corrected chi connectivity index (χ3v) is 4.51. The van der Waals surface area contributed by atoms with Gasteiger partial charge in [0.1, 0.15) is 11.4 Å². The Kier molecular flexibility index (Phi) is 3.82. The summed E-state index contributed by atoms with van der Waals surface area (Å²) in [5.74, 6) is 1.90. The van der Waals surface area contributed by atoms with Crippen LogP contribution in [-0.2, 0) is 12.8 Å². The van der Waals surface area contributed by atoms with Crippen LogP contribution in [-0.4, -0.2) is 29.9 Å². The van der Waals surface area contributed by atoms with E-state index in [2.05, 4.69) is 20.3 Å². The van der Waals surface area contributed by atoms with Crippen LogP contribution in [0.25, 0.3) is 17.2 Å². The van der Waals surface area contributed by atoms with Gasteiger partial charge in [-0.25, -0.2) is 9.67 Å². The maximum atomic E-state index is 6.18. The highest BCUT2D eigenvalue weighted by atomic mass is 16.5. The van der Waals surface area contributed by atoms with Crippen LogP contribution in [0, 0.1) is 0 Å². The molecule has 1 aliphatic carbocycles. The third-order valence-electron chi connectivity index (χ3n) is 4.51. The lowest BCUT2D eigenvalue weighted by Gasteiger charge is -2.12. The van der Waals surface area contributed by atoms with Gasteiger partial charge >= 0.3 is 0 Å². The average Bonchev–Trinajstić information content (AvgIpc) is 3.41. The Morgan fingerprint density at radius 1 is 0.963 bits per heavy atom. The van der Waals surface area contributed by atoms with Crippen molar-refractivity contribution in [2.75, 3.05) is 0 Å². The average molecular weight is 356 g/mol. The van der Waals surface area contributed by atoms with Gasteiger partial charge in [0.2, 0.25) is 5.88 Å². The summed E-state index contributed by atoms with van der Waals surface area (Å²) < 4.78 is 7.87. The summed E-state index contributed by atoms with van der Waals surface area (Å²) in [6.07, 6.45) is 8.10. The smallest absolute Gasteiger partial charge is 0.226 e. The number of hydrogen-bond acceptors (Lipinski definition) is 6. The van der Waals surface area contributed by atoms with Crippen LogP contribution in [0.4, 0.5) is 0 Å². The monoisotopic (exact) mass is 356 g/mol. The lowest BCUT2D eigenvalue weighted by atomic mass is 10.2. The fourth-order valence-corrected chi connectivity index (χ4v) is 3.24. The Balaban J connectivity index is 1.54. The van der Waals surface area contributed by atoms with Gasteiger partial charge in [0.15, 0.2) is 5.82 Å². The molecular weight excluding hydrogens is 340 g/mol. The fraction of sp³-hybridized carbons (Fsp3) is 0.150. The number of nitrogens with zero attached hydrogens (tertiary/aromatic N) is 6. The molecular formula is C20H16N6O. The van der Waals surface area contributed by atoms with Gasteiger partial charge in [-0.2, -0.15) is 4.98 Å². The molecule has 1 aliphatic rings. The van der Waals surface area contributed by atoms with Gasteiger partial charge in [-0.05, 0) is 43.5 Å². The van der Waals surface area contributed by atoms with Gasteiger partial charge in [0, 0.05) is 17.8 Å². The molecule has 0 spiro atoms. The molecule has 0 radical (unpaired) electrons. The maximum absolute atomic E-state index is 6.18. The summed E-state index contributed by atoms with van der Waals surface area (Å²) in [4.78, 5) is 13.8. The van der Waals surface area contributed by atoms with Gasteiger partial charge in [0.25, 0.3) is 0 Å². The van der Waals surface area contributed by atoms with Crippen molar-refractivity contribution in [3.05, 3.63) is 72.3 Å². The standard InChI is InChI=1S/C20H16N6O/c1-2-10-21-18(8-1)19-23-17-9-4-7-16(17)20(24-19)27-15-6-3-5-14(13-15)26-12-11-22-25-26/h1-3,5-6,8,10-13H,4,7,9H2. The molecule has 7 heteroatoms. The first kappa shape index (κ1) is 15.6. The van der Waals surface area contributed by atoms with Crippen LogP contribution in [0.2, 0.25) is 0 Å². The minimum Gasteiger partial charge on any atom is -0.439 e. The van der Waals surface area contributed by atoms with E-state index in [1.165, 1.54) is 0 Å². The lowest BCUT2D eigenvalue weighted by Crippen LogP contribution is -2.02. The molecule has 7 nitrogen and oxygen atoms in total. The zero-order valence-electron chi connectivity index (χ0n) is 14.5. The normalized spacial score (nSPS) is 12.7. The molecule has 0 atom stereocenters. The van der Waals surface area contributed by atoms with Crippen LogP contribution in [0.3, 0.4) is 0 Å². The molecule has 4 aromatic rings. The van der Waals surface area contributed by atoms with Gasteiger partial charge in [-0.15, -0.1) is 5.10 Å². The highest BCUT2D eigenvalue weighted by Crippen LogP contribution is 2.33. The molecule has 1 aromatic carbocycles. The van der Waals surface area contributed by atoms with Gasteiger partial charge in [-0.3, -0.25) is 4.98 Å². The highest BCUT2D eigenvalue weighted by molar-refractivity contribution is 5.53. The Morgan fingerprint density at radius 2 is 1.96 bits per heavy atom. The van der Waals surface area contributed by atoms with Crippen molar-refractivity contribution >= 4 is 0 Å². The van der Waals surface area contributed by atoms with Crippen molar-refractivity contribution in [1.82, 2.24) is 29.9 Å². The van der Waals surface area contributed by atoms with Gasteiger partial charge in [0.05, 0.1) is 23.8 Å². The number of rotatable bonds is 4. The number of aromatic nitrogens is 6. The van der Waals surface area contributed by atoms with E-state index in [-0.39, 0.29) is 0 Å². The molecule has 3 aromatic heterocycles. The van der Waals surface area contributed by atoms with Crippen LogP contribution in [0.15, 0.2) is 61.1 Å². The molecule has 0 unspecified atom stereocenters. The van der Waals surface area contributed by atoms with E-state index in [4.69, 9.17) is 9.72 Å². The number of ether oxygens (including phenoxy) is 1. The fourth-order valence-electron chi connectivity index (χ4n) is 3.24. The largest absolute Gasteiger partial charge is 0.439 e. The molecule has 0 bridgehead atoms. The van der Waals surface area contributed by atoms with Crippen molar-refractivity contribution in [2.45, 2.75) is 19.3 Å². The number of hydrogen-bond donors (Lipinski definition) is 0. The molecule has 0 saturated heterocycles. The van der Waals surface area contributed by atoms with E-state index < -0.39 is 0 Å². The van der Waals surface area contributed by atoms with E-state index in [0.717, 1.165) is 41.9 Å². The summed E-state index contributed by atoms with van der Waals surface area (Å²) >= 11 is 0. The van der Waals surface area contributed by atoms with Crippen molar-refractivity contribution in [3.63, 3.8) is 0 Å². The van der Waals surface area contributed by atoms with E-state index in [1.807, 2.05) is 42.5 Å². The van der Waals surface area contributed by atoms with E-state index in [9.17, 15) is 0 Å². The van der Waals surface area contributed by atoms with Gasteiger partial charge < -0.3 is 4.74 Å². The predicted molar refractivity (Wildman–Crippen MR) is 98.7 cm³/mol. The molecule has 0 aliphatic heterocycles. The summed E-state index contributed by atoms with van der Waals surface area (Å²) in [7, 11) is 0. The number of pyridine rings is 1. The Morgan fingerprint density at radius 3 is 2.81 bits per heavy atom. The molecule has 27 heavy (non-hydrogen) atoms. The minimum absolute atomic E-state index is 0.596. The second kappa shape index (κ2) is 6.60. The minimum atomic E-state index is 0.596. The number of aryl methyl sites for hydroxylation is 1. The zero-order chi connectivity index (χ0) is 18.1. The first-order valence-corrected chi connectivity index (χ1v) is 8.82. The Bertz CT molecular complexity index is 1080. The topological polar surface area (TPSA) is 78.6 Å². The summed E-state index contributed by atoms with van der Waals surface area (Å²) in [5.41, 5.74) is 3.75. The second-order valence-electron chi connectivity index (χ2n) is 6.29. The van der Waals surface area contributed by atoms with Crippen LogP contribution >= 0.6 is 0 Å². The third kappa shape index (κ3) is 3.03. The molecule has 0 amide bonds. The lowest BCUT2D eigenvalue weighted by molar-refractivity contribution is 0.455. The van der Waals surface area contributed by atoms with Crippen LogP contribution in [0.1, 0.15) is 17.7 Å². The molecule has 3 heterocycles. The zero-order valence-corrected chi connectivity index (χ0v) is 14.5. The van der Waals surface area contributed by atoms with Crippen LogP contribution < -0.4 is 4.74 Å². The molecule has 0 saturated carbocycles. The van der Waals surface area contributed by atoms with E-state index in [1.54, 1.807) is 23.3 Å². The number of benzene rings is 1. The van der Waals surface area contributed by atoms with E-state index >= 15 is 0 Å². The quantitative estimate of drug-likeness (QED) is 0.558. The second-order valence-corrected chi connectivity index (χ2v) is 6.29. The summed E-state index contributed by atoms with van der Waals surface area (Å²) in [5, 5.41) is 7.87. The first-order valence-electron chi connectivity index (χ1n) is 8.82. The maximum Gasteiger partial charge on any atom is 0.226 e. The van der Waals surface area contributed by atoms with Crippen molar-refractivity contribution < 1.29 is 4.74 Å². The van der Waals surface area contributed by atoms with Crippen molar-refractivity contribution in [2.24, 2.45) is 0 Å². The SMILES string of the molecule is c1ccc(-c2nc3c(c(Oc4cccc(-n5ccnn5)c4)n2)CCC3)nc1. The summed E-state index contributed by atoms with van der Waals surface area (Å²) in [6.45, 7) is 0. The van der Waals surface area contributed by atoms with Crippen LogP contribution in [0.5, 0.6) is 11.6 Å². The highest BCUT2D eigenvalue weighted by Gasteiger charge is 2.22. The molecule has 0 N–H and O–H groups in total. The Labute approximate surface area is 155 Å². The molecule has 132 valence electrons. The van der Waals surface area contributed by atoms with E-state index in [0.29, 0.717) is 17.5 Å². The Hall–Kier alpha value is -3.61. The summed E-state index contributed by atoms with van der Waals surface area (Å²) in [6, 6.07) is 13.4. The first-order chi connectivity index (χ1) is 13.4. The van der Waals surface area contributed by atoms with Crippen molar-refractivity contribution in [3.8, 4) is 28.8 Å². The number of fused-ring (bicyclic) bond motifs is 1. The molecule has 5 rings (SSSR count).